The van der Waals surface area contributed by atoms with Crippen molar-refractivity contribution in [2.75, 3.05) is 19.7 Å². The van der Waals surface area contributed by atoms with Crippen molar-refractivity contribution in [3.63, 3.8) is 0 Å². The summed E-state index contributed by atoms with van der Waals surface area (Å²) in [5, 5.41) is 3.09. The standard InChI is InChI=1S/C21H25N3O3S/c1-23-9-2-3-16(23)20(26)24-10-7-21(8-11-24)15-13-18(19(25)22-14-4-5-14)28-17(15)6-12-27-21/h2-3,9,13-14H,4-8,10-12H2,1H3,(H,22,25). The zero-order valence-electron chi connectivity index (χ0n) is 16.1. The Morgan fingerprint density at radius 1 is 1.29 bits per heavy atom. The fourth-order valence-electron chi connectivity index (χ4n) is 4.34. The molecular formula is C21H25N3O3S. The summed E-state index contributed by atoms with van der Waals surface area (Å²) in [6.07, 6.45) is 6.50. The topological polar surface area (TPSA) is 63.6 Å². The van der Waals surface area contributed by atoms with Gasteiger partial charge in [-0.15, -0.1) is 11.3 Å². The smallest absolute Gasteiger partial charge is 0.270 e. The molecule has 0 bridgehead atoms. The number of thiophene rings is 1. The molecule has 0 radical (unpaired) electrons. The van der Waals surface area contributed by atoms with Gasteiger partial charge < -0.3 is 19.5 Å². The Bertz CT molecular complexity index is 919. The number of aromatic nitrogens is 1. The molecule has 0 atom stereocenters. The Balaban J connectivity index is 1.33. The van der Waals surface area contributed by atoms with Crippen LogP contribution in [0.25, 0.3) is 0 Å². The first-order valence-corrected chi connectivity index (χ1v) is 10.9. The molecule has 0 aromatic carbocycles. The van der Waals surface area contributed by atoms with Crippen molar-refractivity contribution in [1.82, 2.24) is 14.8 Å². The highest BCUT2D eigenvalue weighted by Crippen LogP contribution is 2.44. The van der Waals surface area contributed by atoms with Gasteiger partial charge in [-0.05, 0) is 49.4 Å². The van der Waals surface area contributed by atoms with Gasteiger partial charge in [-0.1, -0.05) is 0 Å². The van der Waals surface area contributed by atoms with E-state index in [0.717, 1.165) is 42.7 Å². The number of piperidine rings is 1. The van der Waals surface area contributed by atoms with Crippen LogP contribution in [0.4, 0.5) is 0 Å². The van der Waals surface area contributed by atoms with Crippen molar-refractivity contribution in [3.8, 4) is 0 Å². The highest BCUT2D eigenvalue weighted by atomic mass is 32.1. The van der Waals surface area contributed by atoms with E-state index in [1.165, 1.54) is 10.4 Å². The summed E-state index contributed by atoms with van der Waals surface area (Å²) >= 11 is 1.61. The number of fused-ring (bicyclic) bond motifs is 2. The number of hydrogen-bond acceptors (Lipinski definition) is 4. The molecule has 2 aliphatic heterocycles. The molecule has 2 aromatic heterocycles. The lowest BCUT2D eigenvalue weighted by atomic mass is 9.82. The predicted molar refractivity (Wildman–Crippen MR) is 107 cm³/mol. The Kier molecular flexibility index (Phi) is 4.32. The molecule has 1 spiro atoms. The number of amides is 2. The molecule has 1 saturated carbocycles. The molecule has 2 fully saturated rings. The summed E-state index contributed by atoms with van der Waals surface area (Å²) < 4.78 is 8.16. The van der Waals surface area contributed by atoms with E-state index in [1.807, 2.05) is 40.9 Å². The fraction of sp³-hybridized carbons (Fsp3) is 0.524. The Labute approximate surface area is 168 Å². The summed E-state index contributed by atoms with van der Waals surface area (Å²) in [7, 11) is 1.90. The van der Waals surface area contributed by atoms with E-state index in [1.54, 1.807) is 11.3 Å². The van der Waals surface area contributed by atoms with Crippen molar-refractivity contribution < 1.29 is 14.3 Å². The van der Waals surface area contributed by atoms with E-state index >= 15 is 0 Å². The van der Waals surface area contributed by atoms with Gasteiger partial charge in [0.1, 0.15) is 5.69 Å². The maximum Gasteiger partial charge on any atom is 0.270 e. The van der Waals surface area contributed by atoms with Crippen molar-refractivity contribution in [2.45, 2.75) is 43.7 Å². The number of carbonyl (C=O) groups excluding carboxylic acids is 2. The van der Waals surface area contributed by atoms with Gasteiger partial charge in [0.2, 0.25) is 0 Å². The van der Waals surface area contributed by atoms with E-state index in [-0.39, 0.29) is 17.4 Å². The minimum atomic E-state index is -0.354. The number of ether oxygens (including phenoxy) is 1. The summed E-state index contributed by atoms with van der Waals surface area (Å²) in [4.78, 5) is 29.3. The first-order valence-electron chi connectivity index (χ1n) is 10.0. The number of rotatable bonds is 3. The number of nitrogens with zero attached hydrogens (tertiary/aromatic N) is 2. The molecule has 0 unspecified atom stereocenters. The first kappa shape index (κ1) is 17.9. The normalized spacial score (nSPS) is 20.8. The zero-order chi connectivity index (χ0) is 19.3. The summed E-state index contributed by atoms with van der Waals surface area (Å²) in [5.74, 6) is 0.126. The van der Waals surface area contributed by atoms with Crippen LogP contribution in [0, 0.1) is 0 Å². The predicted octanol–water partition coefficient (Wildman–Crippen LogP) is 2.68. The van der Waals surface area contributed by atoms with Crippen LogP contribution in [0.15, 0.2) is 24.4 Å². The number of nitrogens with one attached hydrogen (secondary N) is 1. The molecule has 1 saturated heterocycles. The number of likely N-dealkylation sites (tertiary alicyclic amines) is 1. The molecule has 7 heteroatoms. The molecule has 6 nitrogen and oxygen atoms in total. The van der Waals surface area contributed by atoms with Crippen molar-refractivity contribution >= 4 is 23.2 Å². The molecular weight excluding hydrogens is 374 g/mol. The van der Waals surface area contributed by atoms with E-state index in [4.69, 9.17) is 4.74 Å². The third kappa shape index (κ3) is 3.06. The van der Waals surface area contributed by atoms with Crippen LogP contribution in [0.3, 0.4) is 0 Å². The number of hydrogen-bond donors (Lipinski definition) is 1. The summed E-state index contributed by atoms with van der Waals surface area (Å²) in [5.41, 5.74) is 1.54. The molecule has 148 valence electrons. The Hall–Kier alpha value is -2.12. The molecule has 2 aromatic rings. The zero-order valence-corrected chi connectivity index (χ0v) is 16.9. The molecule has 1 N–H and O–H groups in total. The van der Waals surface area contributed by atoms with Crippen LogP contribution in [0.1, 0.15) is 56.3 Å². The van der Waals surface area contributed by atoms with Crippen molar-refractivity contribution in [3.05, 3.63) is 45.4 Å². The molecule has 28 heavy (non-hydrogen) atoms. The molecule has 2 amide bonds. The van der Waals surface area contributed by atoms with Gasteiger partial charge in [0.15, 0.2) is 0 Å². The highest BCUT2D eigenvalue weighted by Gasteiger charge is 2.43. The third-order valence-electron chi connectivity index (χ3n) is 6.16. The summed E-state index contributed by atoms with van der Waals surface area (Å²) in [6, 6.07) is 6.18. The number of carbonyl (C=O) groups is 2. The first-order chi connectivity index (χ1) is 13.6. The third-order valence-corrected chi connectivity index (χ3v) is 7.36. The lowest BCUT2D eigenvalue weighted by Crippen LogP contribution is -2.48. The van der Waals surface area contributed by atoms with E-state index < -0.39 is 0 Å². The van der Waals surface area contributed by atoms with Gasteiger partial charge in [0, 0.05) is 43.7 Å². The second-order valence-electron chi connectivity index (χ2n) is 8.08. The molecule has 3 aliphatic rings. The summed E-state index contributed by atoms with van der Waals surface area (Å²) in [6.45, 7) is 2.02. The fourth-order valence-corrected chi connectivity index (χ4v) is 5.48. The average Bonchev–Trinajstić information content (AvgIpc) is 3.22. The lowest BCUT2D eigenvalue weighted by Gasteiger charge is -2.44. The number of aryl methyl sites for hydroxylation is 1. The van der Waals surface area contributed by atoms with Crippen LogP contribution in [0.5, 0.6) is 0 Å². The average molecular weight is 400 g/mol. The molecule has 1 aliphatic carbocycles. The maximum absolute atomic E-state index is 12.8. The van der Waals surface area contributed by atoms with Gasteiger partial charge in [-0.2, -0.15) is 0 Å². The van der Waals surface area contributed by atoms with Gasteiger partial charge in [-0.3, -0.25) is 9.59 Å². The van der Waals surface area contributed by atoms with Crippen molar-refractivity contribution in [1.29, 1.82) is 0 Å². The van der Waals surface area contributed by atoms with Crippen LogP contribution in [-0.2, 0) is 23.8 Å². The highest BCUT2D eigenvalue weighted by molar-refractivity contribution is 7.14. The van der Waals surface area contributed by atoms with Crippen LogP contribution < -0.4 is 5.32 Å². The van der Waals surface area contributed by atoms with Crippen LogP contribution in [-0.4, -0.2) is 47.0 Å². The Morgan fingerprint density at radius 2 is 2.07 bits per heavy atom. The monoisotopic (exact) mass is 399 g/mol. The van der Waals surface area contributed by atoms with Crippen LogP contribution in [0.2, 0.25) is 0 Å². The second kappa shape index (κ2) is 6.74. The van der Waals surface area contributed by atoms with Gasteiger partial charge in [0.25, 0.3) is 11.8 Å². The molecule has 4 heterocycles. The van der Waals surface area contributed by atoms with Crippen molar-refractivity contribution in [2.24, 2.45) is 7.05 Å². The van der Waals surface area contributed by atoms with E-state index in [9.17, 15) is 9.59 Å². The minimum absolute atomic E-state index is 0.0494. The van der Waals surface area contributed by atoms with Gasteiger partial charge in [0.05, 0.1) is 17.1 Å². The van der Waals surface area contributed by atoms with E-state index in [0.29, 0.717) is 25.7 Å². The molecule has 5 rings (SSSR count). The minimum Gasteiger partial charge on any atom is -0.370 e. The lowest BCUT2D eigenvalue weighted by molar-refractivity contribution is -0.0927. The SMILES string of the molecule is Cn1cccc1C(=O)N1CCC2(CC1)OCCc1sc(C(=O)NC3CC3)cc12. The quantitative estimate of drug-likeness (QED) is 0.863. The van der Waals surface area contributed by atoms with Gasteiger partial charge >= 0.3 is 0 Å². The largest absolute Gasteiger partial charge is 0.370 e. The van der Waals surface area contributed by atoms with Gasteiger partial charge in [-0.25, -0.2) is 0 Å². The van der Waals surface area contributed by atoms with E-state index in [2.05, 4.69) is 5.32 Å². The Morgan fingerprint density at radius 3 is 2.75 bits per heavy atom. The van der Waals surface area contributed by atoms with Crippen LogP contribution >= 0.6 is 11.3 Å². The maximum atomic E-state index is 12.8. The second-order valence-corrected chi connectivity index (χ2v) is 9.22.